The van der Waals surface area contributed by atoms with Crippen molar-refractivity contribution in [3.8, 4) is 0 Å². The molecule has 0 aliphatic carbocycles. The van der Waals surface area contributed by atoms with Crippen LogP contribution in [-0.4, -0.2) is 60.8 Å². The predicted octanol–water partition coefficient (Wildman–Crippen LogP) is 4.29. The van der Waals surface area contributed by atoms with Crippen LogP contribution >= 0.6 is 0 Å². The molecule has 1 rings (SSSR count). The van der Waals surface area contributed by atoms with Gasteiger partial charge in [-0.3, -0.25) is 14.8 Å². The molecule has 1 aromatic heterocycles. The van der Waals surface area contributed by atoms with Crippen LogP contribution in [-0.2, 0) is 20.9 Å². The smallest absolute Gasteiger partial charge is 0.309 e. The summed E-state index contributed by atoms with van der Waals surface area (Å²) in [5, 5.41) is 0. The third-order valence-corrected chi connectivity index (χ3v) is 4.95. The van der Waals surface area contributed by atoms with Gasteiger partial charge in [-0.25, -0.2) is 0 Å². The Balaban J connectivity index is 2.48. The lowest BCUT2D eigenvalue weighted by Crippen LogP contribution is -2.43. The highest BCUT2D eigenvalue weighted by Crippen LogP contribution is 2.12. The fraction of sp³-hybridized carbons (Fsp3) is 0.783. The molecule has 0 saturated carbocycles. The molecule has 1 heterocycles. The van der Waals surface area contributed by atoms with Crippen LogP contribution in [0.3, 0.4) is 0 Å². The van der Waals surface area contributed by atoms with Crippen molar-refractivity contribution in [3.05, 3.63) is 22.8 Å². The Labute approximate surface area is 177 Å². The van der Waals surface area contributed by atoms with E-state index in [4.69, 9.17) is 9.47 Å². The molecule has 6 heteroatoms. The van der Waals surface area contributed by atoms with E-state index < -0.39 is 0 Å². The lowest BCUT2D eigenvalue weighted by molar-refractivity contribution is -0.873. The maximum absolute atomic E-state index is 12.4. The van der Waals surface area contributed by atoms with E-state index in [-0.39, 0.29) is 25.1 Å². The summed E-state index contributed by atoms with van der Waals surface area (Å²) in [4.78, 5) is 21.4. The quantitative estimate of drug-likeness (QED) is 0.261. The molecular weight excluding hydrogens is 366 g/mol. The van der Waals surface area contributed by atoms with Gasteiger partial charge in [0.1, 0.15) is 19.3 Å². The van der Waals surface area contributed by atoms with E-state index in [0.717, 1.165) is 40.2 Å². The van der Waals surface area contributed by atoms with Gasteiger partial charge in [0.2, 0.25) is 0 Å². The van der Waals surface area contributed by atoms with Crippen LogP contribution in [0, 0.1) is 20.8 Å². The van der Waals surface area contributed by atoms with Gasteiger partial charge in [-0.2, -0.15) is 0 Å². The Morgan fingerprint density at radius 3 is 2.21 bits per heavy atom. The van der Waals surface area contributed by atoms with Crippen LogP contribution in [0.2, 0.25) is 0 Å². The standard InChI is InChI=1S/C23H42N3O3/c1-8-9-10-11-12-13-14-28-21(16-26(5,6)7)15-23(27)29-17-22-20(4)24-18(2)19(3)25-22/h21H,8-17H2,1-7H3/q+1. The molecule has 1 unspecified atom stereocenters. The van der Waals surface area contributed by atoms with Crippen molar-refractivity contribution in [3.63, 3.8) is 0 Å². The second-order valence-corrected chi connectivity index (χ2v) is 9.02. The molecule has 0 aromatic carbocycles. The summed E-state index contributed by atoms with van der Waals surface area (Å²) in [5.41, 5.74) is 3.30. The second kappa shape index (κ2) is 12.9. The van der Waals surface area contributed by atoms with E-state index in [1.807, 2.05) is 20.8 Å². The maximum Gasteiger partial charge on any atom is 0.309 e. The Kier molecular flexibility index (Phi) is 11.4. The summed E-state index contributed by atoms with van der Waals surface area (Å²) in [6.07, 6.45) is 7.49. The summed E-state index contributed by atoms with van der Waals surface area (Å²) >= 11 is 0. The minimum absolute atomic E-state index is 0.134. The lowest BCUT2D eigenvalue weighted by Gasteiger charge is -2.29. The van der Waals surface area contributed by atoms with Gasteiger partial charge in [0.25, 0.3) is 0 Å². The highest BCUT2D eigenvalue weighted by molar-refractivity contribution is 5.70. The van der Waals surface area contributed by atoms with Crippen molar-refractivity contribution >= 4 is 5.97 Å². The predicted molar refractivity (Wildman–Crippen MR) is 117 cm³/mol. The summed E-state index contributed by atoms with van der Waals surface area (Å²) < 4.78 is 12.3. The van der Waals surface area contributed by atoms with Crippen LogP contribution in [0.4, 0.5) is 0 Å². The fourth-order valence-corrected chi connectivity index (χ4v) is 3.21. The monoisotopic (exact) mass is 408 g/mol. The van der Waals surface area contributed by atoms with Crippen molar-refractivity contribution in [2.24, 2.45) is 0 Å². The molecular formula is C23H42N3O3+. The molecule has 0 spiro atoms. The summed E-state index contributed by atoms with van der Waals surface area (Å²) in [6, 6.07) is 0. The van der Waals surface area contributed by atoms with Crippen LogP contribution in [0.15, 0.2) is 0 Å². The molecule has 1 aromatic rings. The van der Waals surface area contributed by atoms with Gasteiger partial charge in [0, 0.05) is 6.61 Å². The van der Waals surface area contributed by atoms with Crippen LogP contribution in [0.1, 0.15) is 74.6 Å². The van der Waals surface area contributed by atoms with Crippen molar-refractivity contribution in [1.29, 1.82) is 0 Å². The molecule has 1 atom stereocenters. The lowest BCUT2D eigenvalue weighted by atomic mass is 10.1. The number of unbranched alkanes of at least 4 members (excludes halogenated alkanes) is 5. The highest BCUT2D eigenvalue weighted by Gasteiger charge is 2.23. The third kappa shape index (κ3) is 11.3. The van der Waals surface area contributed by atoms with E-state index in [1.165, 1.54) is 32.1 Å². The first-order valence-corrected chi connectivity index (χ1v) is 11.0. The van der Waals surface area contributed by atoms with Gasteiger partial charge < -0.3 is 14.0 Å². The molecule has 166 valence electrons. The number of esters is 1. The van der Waals surface area contributed by atoms with E-state index in [1.54, 1.807) is 0 Å². The molecule has 0 aliphatic heterocycles. The molecule has 0 radical (unpaired) electrons. The van der Waals surface area contributed by atoms with Crippen molar-refractivity contribution < 1.29 is 18.8 Å². The van der Waals surface area contributed by atoms with E-state index in [0.29, 0.717) is 6.61 Å². The van der Waals surface area contributed by atoms with Crippen molar-refractivity contribution in [1.82, 2.24) is 9.97 Å². The van der Waals surface area contributed by atoms with Crippen molar-refractivity contribution in [2.75, 3.05) is 34.3 Å². The minimum Gasteiger partial charge on any atom is -0.459 e. The van der Waals surface area contributed by atoms with Gasteiger partial charge in [0.05, 0.1) is 50.3 Å². The molecule has 0 bridgehead atoms. The number of aromatic nitrogens is 2. The molecule has 0 N–H and O–H groups in total. The Hall–Kier alpha value is -1.53. The van der Waals surface area contributed by atoms with E-state index in [2.05, 4.69) is 38.0 Å². The topological polar surface area (TPSA) is 61.3 Å². The number of aryl methyl sites for hydroxylation is 3. The van der Waals surface area contributed by atoms with Gasteiger partial charge in [-0.1, -0.05) is 39.0 Å². The van der Waals surface area contributed by atoms with Crippen molar-refractivity contribution in [2.45, 2.75) is 85.4 Å². The fourth-order valence-electron chi connectivity index (χ4n) is 3.21. The Bertz CT molecular complexity index is 627. The van der Waals surface area contributed by atoms with Gasteiger partial charge in [-0.15, -0.1) is 0 Å². The average molecular weight is 409 g/mol. The number of ether oxygens (including phenoxy) is 2. The summed E-state index contributed by atoms with van der Waals surface area (Å²) in [7, 11) is 6.33. The first-order valence-electron chi connectivity index (χ1n) is 11.0. The average Bonchev–Trinajstić information content (AvgIpc) is 2.61. The number of hydrogen-bond acceptors (Lipinski definition) is 5. The van der Waals surface area contributed by atoms with E-state index in [9.17, 15) is 4.79 Å². The van der Waals surface area contributed by atoms with Crippen LogP contribution in [0.5, 0.6) is 0 Å². The van der Waals surface area contributed by atoms with Crippen LogP contribution < -0.4 is 0 Å². The number of rotatable bonds is 14. The first kappa shape index (κ1) is 25.5. The zero-order chi connectivity index (χ0) is 21.9. The van der Waals surface area contributed by atoms with Crippen LogP contribution in [0.25, 0.3) is 0 Å². The molecule has 29 heavy (non-hydrogen) atoms. The number of hydrogen-bond donors (Lipinski definition) is 0. The number of nitrogens with zero attached hydrogens (tertiary/aromatic N) is 3. The summed E-state index contributed by atoms with van der Waals surface area (Å²) in [5.74, 6) is -0.245. The van der Waals surface area contributed by atoms with Gasteiger partial charge >= 0.3 is 5.97 Å². The minimum atomic E-state index is -0.245. The number of carbonyl (C=O) groups excluding carboxylic acids is 1. The Morgan fingerprint density at radius 2 is 1.55 bits per heavy atom. The molecule has 0 saturated heterocycles. The highest BCUT2D eigenvalue weighted by atomic mass is 16.5. The Morgan fingerprint density at radius 1 is 0.931 bits per heavy atom. The third-order valence-electron chi connectivity index (χ3n) is 4.95. The number of likely N-dealkylation sites (N-methyl/N-ethyl adjacent to an activating group) is 1. The first-order chi connectivity index (χ1) is 13.6. The maximum atomic E-state index is 12.4. The molecule has 0 amide bonds. The number of quaternary nitrogens is 1. The second-order valence-electron chi connectivity index (χ2n) is 9.02. The molecule has 6 nitrogen and oxygen atoms in total. The zero-order valence-electron chi connectivity index (χ0n) is 19.7. The van der Waals surface area contributed by atoms with E-state index >= 15 is 0 Å². The molecule has 0 fully saturated rings. The van der Waals surface area contributed by atoms with Gasteiger partial charge in [-0.05, 0) is 27.2 Å². The molecule has 0 aliphatic rings. The number of carbonyl (C=O) groups is 1. The zero-order valence-corrected chi connectivity index (χ0v) is 19.7. The normalized spacial score (nSPS) is 12.8. The SMILES string of the molecule is CCCCCCCCOC(CC(=O)OCc1nc(C)c(C)nc1C)C[N+](C)(C)C. The largest absolute Gasteiger partial charge is 0.459 e. The van der Waals surface area contributed by atoms with Gasteiger partial charge in [0.15, 0.2) is 0 Å². The summed E-state index contributed by atoms with van der Waals surface area (Å²) in [6.45, 7) is 9.60.